The van der Waals surface area contributed by atoms with Crippen LogP contribution in [0.4, 0.5) is 5.69 Å². The van der Waals surface area contributed by atoms with E-state index in [9.17, 15) is 14.4 Å². The fourth-order valence-corrected chi connectivity index (χ4v) is 3.31. The minimum absolute atomic E-state index is 0.137. The summed E-state index contributed by atoms with van der Waals surface area (Å²) in [5, 5.41) is 3.66. The Bertz CT molecular complexity index is 1200. The summed E-state index contributed by atoms with van der Waals surface area (Å²) in [4.78, 5) is 38.3. The van der Waals surface area contributed by atoms with Crippen molar-refractivity contribution in [3.05, 3.63) is 69.6 Å². The number of hydrogen-bond donors (Lipinski definition) is 1. The molecule has 1 heterocycles. The minimum Gasteiger partial charge on any atom is -0.481 e. The number of carbonyl (C=O) groups is 2. The molecular weight excluding hydrogens is 396 g/mol. The second kappa shape index (κ2) is 9.04. The number of nitrogens with one attached hydrogen (secondary N) is 1. The second-order valence-electron chi connectivity index (χ2n) is 7.53. The lowest BCUT2D eigenvalue weighted by atomic mass is 10.1. The minimum atomic E-state index is -0.814. The second-order valence-corrected chi connectivity index (χ2v) is 7.53. The molecule has 1 unspecified atom stereocenters. The van der Waals surface area contributed by atoms with Crippen LogP contribution in [0.1, 0.15) is 35.3 Å². The molecule has 1 aromatic heterocycles. The maximum absolute atomic E-state index is 12.7. The van der Waals surface area contributed by atoms with Gasteiger partial charge in [-0.25, -0.2) is 4.79 Å². The van der Waals surface area contributed by atoms with Crippen LogP contribution in [0.15, 0.2) is 51.7 Å². The van der Waals surface area contributed by atoms with E-state index >= 15 is 0 Å². The summed E-state index contributed by atoms with van der Waals surface area (Å²) in [5.74, 6) is -0.0803. The van der Waals surface area contributed by atoms with Gasteiger partial charge in [-0.3, -0.25) is 9.59 Å². The molecule has 3 rings (SSSR count). The molecule has 1 atom stereocenters. The van der Waals surface area contributed by atoms with Gasteiger partial charge in [0.2, 0.25) is 0 Å². The third-order valence-electron chi connectivity index (χ3n) is 5.09. The van der Waals surface area contributed by atoms with Gasteiger partial charge in [0.15, 0.2) is 6.10 Å². The van der Waals surface area contributed by atoms with Crippen LogP contribution in [-0.4, -0.2) is 36.9 Å². The SMILES string of the molecule is CCc1cc(=O)oc2cc(OC(C)C(=O)Nc3cccc(C(=O)N(C)C)c3C)ccc12. The van der Waals surface area contributed by atoms with Gasteiger partial charge < -0.3 is 19.4 Å². The molecule has 3 aromatic rings. The lowest BCUT2D eigenvalue weighted by Gasteiger charge is -2.18. The number of benzene rings is 2. The first kappa shape index (κ1) is 22.1. The number of amides is 2. The Balaban J connectivity index is 1.78. The van der Waals surface area contributed by atoms with Crippen molar-refractivity contribution in [2.45, 2.75) is 33.3 Å². The zero-order chi connectivity index (χ0) is 22.7. The van der Waals surface area contributed by atoms with Crippen molar-refractivity contribution >= 4 is 28.5 Å². The summed E-state index contributed by atoms with van der Waals surface area (Å²) in [5.41, 5.74) is 2.64. The largest absolute Gasteiger partial charge is 0.481 e. The van der Waals surface area contributed by atoms with E-state index < -0.39 is 11.7 Å². The van der Waals surface area contributed by atoms with Crippen molar-refractivity contribution in [2.75, 3.05) is 19.4 Å². The number of rotatable bonds is 6. The molecule has 7 nitrogen and oxygen atoms in total. The van der Waals surface area contributed by atoms with Crippen molar-refractivity contribution in [2.24, 2.45) is 0 Å². The molecule has 0 saturated heterocycles. The monoisotopic (exact) mass is 422 g/mol. The average molecular weight is 422 g/mol. The van der Waals surface area contributed by atoms with E-state index in [1.807, 2.05) is 13.0 Å². The summed E-state index contributed by atoms with van der Waals surface area (Å²) in [6, 6.07) is 11.8. The normalized spacial score (nSPS) is 11.8. The molecule has 0 aliphatic rings. The van der Waals surface area contributed by atoms with E-state index in [-0.39, 0.29) is 11.8 Å². The first-order valence-electron chi connectivity index (χ1n) is 10.1. The van der Waals surface area contributed by atoms with E-state index in [4.69, 9.17) is 9.15 Å². The van der Waals surface area contributed by atoms with Crippen LogP contribution >= 0.6 is 0 Å². The number of nitrogens with zero attached hydrogens (tertiary/aromatic N) is 1. The molecule has 2 aromatic carbocycles. The van der Waals surface area contributed by atoms with Crippen LogP contribution in [0.2, 0.25) is 0 Å². The molecular formula is C24H26N2O5. The molecule has 0 fully saturated rings. The van der Waals surface area contributed by atoms with E-state index in [0.29, 0.717) is 34.6 Å². The molecule has 0 saturated carbocycles. The van der Waals surface area contributed by atoms with Crippen molar-refractivity contribution < 1.29 is 18.7 Å². The first-order valence-corrected chi connectivity index (χ1v) is 10.1. The standard InChI is InChI=1S/C24H26N2O5/c1-6-16-12-22(27)31-21-13-17(10-11-19(16)21)30-15(3)23(28)25-20-9-7-8-18(14(20)2)24(29)26(4)5/h7-13,15H,6H2,1-5H3,(H,25,28). The van der Waals surface area contributed by atoms with Crippen LogP contribution in [0.25, 0.3) is 11.0 Å². The molecule has 2 amide bonds. The topological polar surface area (TPSA) is 88.8 Å². The Labute approximate surface area is 180 Å². The average Bonchev–Trinajstić information content (AvgIpc) is 2.73. The molecule has 0 aliphatic heterocycles. The maximum Gasteiger partial charge on any atom is 0.336 e. The number of ether oxygens (including phenoxy) is 1. The van der Waals surface area contributed by atoms with Gasteiger partial charge in [-0.05, 0) is 55.7 Å². The fourth-order valence-electron chi connectivity index (χ4n) is 3.31. The molecule has 0 spiro atoms. The van der Waals surface area contributed by atoms with Gasteiger partial charge in [0, 0.05) is 42.9 Å². The van der Waals surface area contributed by atoms with Crippen molar-refractivity contribution in [3.8, 4) is 5.75 Å². The highest BCUT2D eigenvalue weighted by molar-refractivity contribution is 6.00. The molecule has 162 valence electrons. The van der Waals surface area contributed by atoms with Gasteiger partial charge in [0.05, 0.1) is 0 Å². The fraction of sp³-hybridized carbons (Fsp3) is 0.292. The predicted molar refractivity (Wildman–Crippen MR) is 120 cm³/mol. The van der Waals surface area contributed by atoms with Crippen molar-refractivity contribution in [1.82, 2.24) is 4.90 Å². The molecule has 7 heteroatoms. The summed E-state index contributed by atoms with van der Waals surface area (Å²) >= 11 is 0. The Morgan fingerprint density at radius 2 is 1.90 bits per heavy atom. The van der Waals surface area contributed by atoms with Crippen LogP contribution in [0.5, 0.6) is 5.75 Å². The number of carbonyl (C=O) groups excluding carboxylic acids is 2. The Morgan fingerprint density at radius 3 is 2.58 bits per heavy atom. The third-order valence-corrected chi connectivity index (χ3v) is 5.09. The van der Waals surface area contributed by atoms with Crippen molar-refractivity contribution in [3.63, 3.8) is 0 Å². The van der Waals surface area contributed by atoms with E-state index in [1.165, 1.54) is 11.0 Å². The molecule has 0 aliphatic carbocycles. The van der Waals surface area contributed by atoms with Gasteiger partial charge >= 0.3 is 5.63 Å². The Morgan fingerprint density at radius 1 is 1.16 bits per heavy atom. The summed E-state index contributed by atoms with van der Waals surface area (Å²) < 4.78 is 11.1. The zero-order valence-electron chi connectivity index (χ0n) is 18.3. The zero-order valence-corrected chi connectivity index (χ0v) is 18.3. The lowest BCUT2D eigenvalue weighted by Crippen LogP contribution is -2.30. The highest BCUT2D eigenvalue weighted by Gasteiger charge is 2.19. The number of hydrogen-bond acceptors (Lipinski definition) is 5. The van der Waals surface area contributed by atoms with Gasteiger partial charge in [-0.15, -0.1) is 0 Å². The van der Waals surface area contributed by atoms with Gasteiger partial charge in [-0.2, -0.15) is 0 Å². The number of fused-ring (bicyclic) bond motifs is 1. The van der Waals surface area contributed by atoms with Crippen LogP contribution < -0.4 is 15.7 Å². The van der Waals surface area contributed by atoms with E-state index in [0.717, 1.165) is 10.9 Å². The third kappa shape index (κ3) is 4.77. The highest BCUT2D eigenvalue weighted by Crippen LogP contribution is 2.24. The number of anilines is 1. The van der Waals surface area contributed by atoms with E-state index in [1.54, 1.807) is 58.3 Å². The Kier molecular flexibility index (Phi) is 6.44. The summed E-state index contributed by atoms with van der Waals surface area (Å²) in [6.45, 7) is 5.38. The Hall–Kier alpha value is -3.61. The molecule has 0 radical (unpaired) electrons. The van der Waals surface area contributed by atoms with Crippen LogP contribution in [-0.2, 0) is 11.2 Å². The first-order chi connectivity index (χ1) is 14.7. The smallest absolute Gasteiger partial charge is 0.336 e. The number of aryl methyl sites for hydroxylation is 1. The summed E-state index contributed by atoms with van der Waals surface area (Å²) in [7, 11) is 3.36. The molecule has 1 N–H and O–H groups in total. The van der Waals surface area contributed by atoms with Gasteiger partial charge in [0.25, 0.3) is 11.8 Å². The highest BCUT2D eigenvalue weighted by atomic mass is 16.5. The lowest BCUT2D eigenvalue weighted by molar-refractivity contribution is -0.122. The van der Waals surface area contributed by atoms with E-state index in [2.05, 4.69) is 5.32 Å². The quantitative estimate of drug-likeness (QED) is 0.611. The van der Waals surface area contributed by atoms with Crippen molar-refractivity contribution in [1.29, 1.82) is 0 Å². The molecule has 31 heavy (non-hydrogen) atoms. The van der Waals surface area contributed by atoms with Gasteiger partial charge in [-0.1, -0.05) is 13.0 Å². The maximum atomic E-state index is 12.7. The van der Waals surface area contributed by atoms with Crippen LogP contribution in [0.3, 0.4) is 0 Å². The van der Waals surface area contributed by atoms with Crippen LogP contribution in [0, 0.1) is 6.92 Å². The predicted octanol–water partition coefficient (Wildman–Crippen LogP) is 3.77. The summed E-state index contributed by atoms with van der Waals surface area (Å²) in [6.07, 6.45) is -0.110. The van der Waals surface area contributed by atoms with Gasteiger partial charge in [0.1, 0.15) is 11.3 Å². The molecule has 0 bridgehead atoms.